The van der Waals surface area contributed by atoms with Gasteiger partial charge in [0, 0.05) is 24.8 Å². The Hall–Kier alpha value is -3.29. The average Bonchev–Trinajstić information content (AvgIpc) is 2.98. The molecule has 0 aliphatic carbocycles. The van der Waals surface area contributed by atoms with Crippen molar-refractivity contribution in [1.29, 1.82) is 0 Å². The predicted octanol–water partition coefficient (Wildman–Crippen LogP) is 0.365. The van der Waals surface area contributed by atoms with Gasteiger partial charge in [0.2, 0.25) is 5.91 Å². The molecule has 1 aromatic carbocycles. The second-order valence-corrected chi connectivity index (χ2v) is 5.77. The SMILES string of the molecule is C=CCN1C(=O)C(=O)N(CC(=O)c2ccc3c(c2)CC(=O)N3C)C1=O. The first-order chi connectivity index (χ1) is 11.8. The average molecular weight is 341 g/mol. The van der Waals surface area contributed by atoms with E-state index < -0.39 is 30.2 Å². The van der Waals surface area contributed by atoms with Crippen molar-refractivity contribution in [2.45, 2.75) is 6.42 Å². The van der Waals surface area contributed by atoms with Gasteiger partial charge in [-0.05, 0) is 23.8 Å². The lowest BCUT2D eigenvalue weighted by Crippen LogP contribution is -2.37. The van der Waals surface area contributed by atoms with E-state index >= 15 is 0 Å². The summed E-state index contributed by atoms with van der Waals surface area (Å²) in [6.07, 6.45) is 1.52. The highest BCUT2D eigenvalue weighted by Gasteiger charge is 2.44. The van der Waals surface area contributed by atoms with Gasteiger partial charge in [-0.15, -0.1) is 6.58 Å². The van der Waals surface area contributed by atoms with E-state index in [0.29, 0.717) is 10.5 Å². The van der Waals surface area contributed by atoms with Crippen LogP contribution in [0, 0.1) is 0 Å². The van der Waals surface area contributed by atoms with Crippen molar-refractivity contribution >= 4 is 35.2 Å². The van der Waals surface area contributed by atoms with Crippen LogP contribution in [0.3, 0.4) is 0 Å². The predicted molar refractivity (Wildman–Crippen MR) is 86.9 cm³/mol. The third-order valence-corrected chi connectivity index (χ3v) is 4.23. The summed E-state index contributed by atoms with van der Waals surface area (Å²) in [6, 6.07) is 3.92. The summed E-state index contributed by atoms with van der Waals surface area (Å²) in [5.41, 5.74) is 1.71. The number of Topliss-reactive ketones (excluding diaryl/α,β-unsaturated/α-hetero) is 1. The fraction of sp³-hybridized carbons (Fsp3) is 0.235. The van der Waals surface area contributed by atoms with Gasteiger partial charge >= 0.3 is 17.8 Å². The van der Waals surface area contributed by atoms with Crippen LogP contribution in [0.15, 0.2) is 30.9 Å². The van der Waals surface area contributed by atoms with E-state index in [9.17, 15) is 24.0 Å². The van der Waals surface area contributed by atoms with Crippen molar-refractivity contribution in [3.63, 3.8) is 0 Å². The first kappa shape index (κ1) is 16.6. The second-order valence-electron chi connectivity index (χ2n) is 5.77. The summed E-state index contributed by atoms with van der Waals surface area (Å²) in [5, 5.41) is 0. The van der Waals surface area contributed by atoms with E-state index in [1.807, 2.05) is 0 Å². The summed E-state index contributed by atoms with van der Waals surface area (Å²) in [4.78, 5) is 62.8. The van der Waals surface area contributed by atoms with Crippen molar-refractivity contribution < 1.29 is 24.0 Å². The zero-order valence-electron chi connectivity index (χ0n) is 13.5. The summed E-state index contributed by atoms with van der Waals surface area (Å²) in [5.74, 6) is -2.56. The molecule has 25 heavy (non-hydrogen) atoms. The normalized spacial score (nSPS) is 16.8. The number of likely N-dealkylation sites (N-methyl/N-ethyl adjacent to an activating group) is 1. The number of amides is 5. The van der Waals surface area contributed by atoms with Crippen LogP contribution in [0.2, 0.25) is 0 Å². The van der Waals surface area contributed by atoms with Gasteiger partial charge in [0.05, 0.1) is 13.0 Å². The van der Waals surface area contributed by atoms with Crippen LogP contribution in [0.4, 0.5) is 10.5 Å². The maximum absolute atomic E-state index is 12.4. The molecule has 2 heterocycles. The van der Waals surface area contributed by atoms with Gasteiger partial charge in [0.1, 0.15) is 0 Å². The molecule has 0 saturated carbocycles. The van der Waals surface area contributed by atoms with Crippen molar-refractivity contribution in [2.24, 2.45) is 0 Å². The molecule has 0 atom stereocenters. The Morgan fingerprint density at radius 3 is 2.52 bits per heavy atom. The highest BCUT2D eigenvalue weighted by molar-refractivity contribution is 6.45. The zero-order chi connectivity index (χ0) is 18.3. The summed E-state index contributed by atoms with van der Waals surface area (Å²) < 4.78 is 0. The van der Waals surface area contributed by atoms with E-state index in [0.717, 1.165) is 10.6 Å². The summed E-state index contributed by atoms with van der Waals surface area (Å²) in [7, 11) is 1.65. The molecule has 0 bridgehead atoms. The van der Waals surface area contributed by atoms with Gasteiger partial charge in [0.15, 0.2) is 5.78 Å². The van der Waals surface area contributed by atoms with Crippen LogP contribution >= 0.6 is 0 Å². The number of hydrogen-bond donors (Lipinski definition) is 0. The Morgan fingerprint density at radius 2 is 1.84 bits per heavy atom. The van der Waals surface area contributed by atoms with Gasteiger partial charge in [0.25, 0.3) is 0 Å². The molecule has 1 fully saturated rings. The van der Waals surface area contributed by atoms with Crippen LogP contribution in [0.25, 0.3) is 0 Å². The molecule has 1 saturated heterocycles. The standard InChI is InChI=1S/C17H15N3O5/c1-3-6-19-15(23)16(24)20(17(19)25)9-13(21)10-4-5-12-11(7-10)8-14(22)18(12)2/h3-5,7H,1,6,8-9H2,2H3. The lowest BCUT2D eigenvalue weighted by Gasteiger charge is -2.14. The minimum Gasteiger partial charge on any atom is -0.315 e. The summed E-state index contributed by atoms with van der Waals surface area (Å²) in [6.45, 7) is 2.80. The number of imide groups is 2. The van der Waals surface area contributed by atoms with Crippen molar-refractivity contribution in [1.82, 2.24) is 9.80 Å². The molecule has 128 valence electrons. The number of benzene rings is 1. The number of urea groups is 1. The Morgan fingerprint density at radius 1 is 1.16 bits per heavy atom. The largest absolute Gasteiger partial charge is 0.334 e. The summed E-state index contributed by atoms with van der Waals surface area (Å²) >= 11 is 0. The molecule has 0 radical (unpaired) electrons. The number of carbonyl (C=O) groups is 5. The second kappa shape index (κ2) is 5.97. The number of hydrogen-bond acceptors (Lipinski definition) is 5. The molecule has 2 aliphatic heterocycles. The molecule has 5 amide bonds. The van der Waals surface area contributed by atoms with Crippen LogP contribution in [0.5, 0.6) is 0 Å². The molecule has 2 aliphatic rings. The van der Waals surface area contributed by atoms with Crippen molar-refractivity contribution in [3.8, 4) is 0 Å². The monoisotopic (exact) mass is 341 g/mol. The van der Waals surface area contributed by atoms with Gasteiger partial charge in [-0.1, -0.05) is 6.08 Å². The smallest absolute Gasteiger partial charge is 0.315 e. The molecule has 8 nitrogen and oxygen atoms in total. The third-order valence-electron chi connectivity index (χ3n) is 4.23. The minimum atomic E-state index is -1.03. The van der Waals surface area contributed by atoms with Gasteiger partial charge in [-0.2, -0.15) is 0 Å². The number of fused-ring (bicyclic) bond motifs is 1. The maximum Gasteiger partial charge on any atom is 0.334 e. The van der Waals surface area contributed by atoms with Crippen LogP contribution in [0.1, 0.15) is 15.9 Å². The van der Waals surface area contributed by atoms with Crippen LogP contribution in [-0.4, -0.2) is 59.5 Å². The van der Waals surface area contributed by atoms with E-state index in [1.165, 1.54) is 17.0 Å². The Balaban J connectivity index is 1.79. The molecule has 0 aromatic heterocycles. The van der Waals surface area contributed by atoms with E-state index in [4.69, 9.17) is 0 Å². The fourth-order valence-corrected chi connectivity index (χ4v) is 2.86. The third kappa shape index (κ3) is 2.61. The van der Waals surface area contributed by atoms with E-state index in [2.05, 4.69) is 6.58 Å². The molecule has 0 unspecified atom stereocenters. The molecular weight excluding hydrogens is 326 g/mol. The van der Waals surface area contributed by atoms with Gasteiger partial charge in [-0.25, -0.2) is 9.69 Å². The number of ketones is 1. The molecule has 8 heteroatoms. The topological polar surface area (TPSA) is 95.1 Å². The molecule has 0 N–H and O–H groups in total. The molecule has 3 rings (SSSR count). The Labute approximate surface area is 143 Å². The van der Waals surface area contributed by atoms with Crippen molar-refractivity contribution in [3.05, 3.63) is 42.0 Å². The lowest BCUT2D eigenvalue weighted by atomic mass is 10.0. The van der Waals surface area contributed by atoms with Crippen LogP contribution < -0.4 is 4.90 Å². The highest BCUT2D eigenvalue weighted by Crippen LogP contribution is 2.28. The zero-order valence-corrected chi connectivity index (χ0v) is 13.5. The number of carbonyl (C=O) groups excluding carboxylic acids is 5. The molecule has 0 spiro atoms. The fourth-order valence-electron chi connectivity index (χ4n) is 2.86. The molecule has 1 aromatic rings. The van der Waals surface area contributed by atoms with E-state index in [1.54, 1.807) is 19.2 Å². The lowest BCUT2D eigenvalue weighted by molar-refractivity contribution is -0.142. The van der Waals surface area contributed by atoms with Gasteiger partial charge in [-0.3, -0.25) is 24.1 Å². The van der Waals surface area contributed by atoms with E-state index in [-0.39, 0.29) is 24.4 Å². The Bertz CT molecular complexity index is 845. The number of nitrogens with zero attached hydrogens (tertiary/aromatic N) is 3. The number of anilines is 1. The maximum atomic E-state index is 12.4. The highest BCUT2D eigenvalue weighted by atomic mass is 16.2. The minimum absolute atomic E-state index is 0.0739. The molecular formula is C17H15N3O5. The first-order valence-electron chi connectivity index (χ1n) is 7.56. The Kier molecular flexibility index (Phi) is 3.96. The first-order valence-corrected chi connectivity index (χ1v) is 7.56. The number of rotatable bonds is 5. The quantitative estimate of drug-likeness (QED) is 0.334. The van der Waals surface area contributed by atoms with Gasteiger partial charge < -0.3 is 4.90 Å². The van der Waals surface area contributed by atoms with Crippen LogP contribution in [-0.2, 0) is 20.8 Å². The van der Waals surface area contributed by atoms with Crippen molar-refractivity contribution in [2.75, 3.05) is 25.0 Å².